The summed E-state index contributed by atoms with van der Waals surface area (Å²) in [5.41, 5.74) is 1.31. The molecule has 0 aliphatic carbocycles. The predicted molar refractivity (Wildman–Crippen MR) is 120 cm³/mol. The molecule has 2 nitrogen and oxygen atoms in total. The van der Waals surface area contributed by atoms with Gasteiger partial charge in [0.1, 0.15) is 5.15 Å². The fourth-order valence-corrected chi connectivity index (χ4v) is 6.42. The highest BCUT2D eigenvalue weighted by Gasteiger charge is 2.29. The summed E-state index contributed by atoms with van der Waals surface area (Å²) < 4.78 is 0. The van der Waals surface area contributed by atoms with Crippen molar-refractivity contribution < 1.29 is 0 Å². The van der Waals surface area contributed by atoms with Crippen molar-refractivity contribution in [2.24, 2.45) is 0 Å². The molecule has 140 valence electrons. The van der Waals surface area contributed by atoms with E-state index in [1.54, 1.807) is 0 Å². The molecule has 1 fully saturated rings. The zero-order valence-electron chi connectivity index (χ0n) is 16.0. The normalized spacial score (nSPS) is 19.5. The molecule has 2 aromatic rings. The number of nitrogens with zero attached hydrogens (tertiary/aromatic N) is 2. The summed E-state index contributed by atoms with van der Waals surface area (Å²) in [7, 11) is 1.48. The van der Waals surface area contributed by atoms with Gasteiger partial charge in [-0.25, -0.2) is 4.98 Å². The van der Waals surface area contributed by atoms with Gasteiger partial charge < -0.3 is 0 Å². The van der Waals surface area contributed by atoms with Crippen molar-refractivity contribution in [2.45, 2.75) is 25.8 Å². The summed E-state index contributed by atoms with van der Waals surface area (Å²) >= 11 is 6.38. The maximum atomic E-state index is 6.38. The van der Waals surface area contributed by atoms with Gasteiger partial charge in [-0.05, 0) is 68.8 Å². The van der Waals surface area contributed by atoms with Gasteiger partial charge in [-0.1, -0.05) is 72.8 Å². The molecule has 0 saturated carbocycles. The Kier molecular flexibility index (Phi) is 7.01. The fraction of sp³-hybridized carbons (Fsp3) is 0.261. The summed E-state index contributed by atoms with van der Waals surface area (Å²) in [6.07, 6.45) is 12.6. The zero-order valence-corrected chi connectivity index (χ0v) is 17.6. The van der Waals surface area contributed by atoms with Crippen molar-refractivity contribution in [3.05, 3.63) is 89.5 Å². The molecular weight excluding hydrogens is 371 g/mol. The molecule has 0 N–H and O–H groups in total. The Balaban J connectivity index is 2.19. The first kappa shape index (κ1) is 20.0. The van der Waals surface area contributed by atoms with Crippen LogP contribution < -0.4 is 10.6 Å². The number of halogens is 1. The number of hydrogen-bond donors (Lipinski definition) is 0. The Labute approximate surface area is 169 Å². The Morgan fingerprint density at radius 3 is 2.74 bits per heavy atom. The van der Waals surface area contributed by atoms with Gasteiger partial charge in [0.05, 0.1) is 0 Å². The first-order chi connectivity index (χ1) is 13.2. The lowest BCUT2D eigenvalue weighted by Crippen LogP contribution is -2.25. The Morgan fingerprint density at radius 1 is 1.33 bits per heavy atom. The smallest absolute Gasteiger partial charge is 0.129 e. The summed E-state index contributed by atoms with van der Waals surface area (Å²) in [5.74, 6) is 0. The van der Waals surface area contributed by atoms with E-state index in [-0.39, 0.29) is 0 Å². The van der Waals surface area contributed by atoms with Crippen molar-refractivity contribution >= 4 is 30.1 Å². The molecule has 1 aromatic carbocycles. The Hall–Kier alpha value is -1.73. The molecule has 1 aromatic heterocycles. The van der Waals surface area contributed by atoms with Gasteiger partial charge >= 0.3 is 0 Å². The Morgan fingerprint density at radius 2 is 2.11 bits per heavy atom. The average Bonchev–Trinajstić information content (AvgIpc) is 3.11. The molecule has 1 saturated heterocycles. The van der Waals surface area contributed by atoms with Crippen LogP contribution in [0.2, 0.25) is 5.15 Å². The summed E-state index contributed by atoms with van der Waals surface area (Å²) in [5, 5.41) is 4.47. The highest BCUT2D eigenvalue weighted by Crippen LogP contribution is 2.46. The minimum atomic E-state index is -0.723. The van der Waals surface area contributed by atoms with E-state index in [0.717, 1.165) is 6.54 Å². The van der Waals surface area contributed by atoms with E-state index >= 15 is 0 Å². The van der Waals surface area contributed by atoms with Crippen LogP contribution in [0.4, 0.5) is 0 Å². The van der Waals surface area contributed by atoms with Gasteiger partial charge in [0.2, 0.25) is 0 Å². The molecule has 0 bridgehead atoms. The predicted octanol–water partition coefficient (Wildman–Crippen LogP) is 5.58. The molecule has 2 heterocycles. The van der Waals surface area contributed by atoms with E-state index in [0.29, 0.717) is 11.2 Å². The molecule has 2 unspecified atom stereocenters. The second-order valence-electron chi connectivity index (χ2n) is 6.68. The van der Waals surface area contributed by atoms with Gasteiger partial charge in [0, 0.05) is 12.2 Å². The maximum Gasteiger partial charge on any atom is 0.129 e. The topological polar surface area (TPSA) is 16.1 Å². The first-order valence-corrected chi connectivity index (χ1v) is 11.0. The number of hydrogen-bond acceptors (Lipinski definition) is 2. The molecule has 3 rings (SSSR count). The molecule has 27 heavy (non-hydrogen) atoms. The average molecular weight is 397 g/mol. The summed E-state index contributed by atoms with van der Waals surface area (Å²) in [6, 6.07) is 13.2. The van der Waals surface area contributed by atoms with Crippen molar-refractivity contribution in [1.29, 1.82) is 0 Å². The third kappa shape index (κ3) is 4.58. The molecule has 2 atom stereocenters. The second-order valence-corrected chi connectivity index (χ2v) is 9.26. The van der Waals surface area contributed by atoms with Crippen LogP contribution in [0.1, 0.15) is 31.4 Å². The quantitative estimate of drug-likeness (QED) is 0.360. The minimum absolute atomic E-state index is 0.403. The SMILES string of the molecule is C=CC=CC(=CC)P(c1ccccc1)c1cc(Cl)ncc1C1CCCN1C. The van der Waals surface area contributed by atoms with Crippen LogP contribution in [0.5, 0.6) is 0 Å². The molecule has 1 aliphatic rings. The Bertz CT molecular complexity index is 845. The highest BCUT2D eigenvalue weighted by molar-refractivity contribution is 7.77. The first-order valence-electron chi connectivity index (χ1n) is 9.32. The molecule has 1 aliphatic heterocycles. The highest BCUT2D eigenvalue weighted by atomic mass is 35.5. The number of aromatic nitrogens is 1. The number of allylic oxidation sites excluding steroid dienone is 5. The van der Waals surface area contributed by atoms with Crippen molar-refractivity contribution in [1.82, 2.24) is 9.88 Å². The van der Waals surface area contributed by atoms with Crippen LogP contribution in [-0.4, -0.2) is 23.5 Å². The molecule has 4 heteroatoms. The van der Waals surface area contributed by atoms with Gasteiger partial charge in [-0.3, -0.25) is 4.90 Å². The lowest BCUT2D eigenvalue weighted by molar-refractivity contribution is 0.318. The van der Waals surface area contributed by atoms with E-state index in [1.165, 1.54) is 34.3 Å². The maximum absolute atomic E-state index is 6.38. The monoisotopic (exact) mass is 396 g/mol. The second kappa shape index (κ2) is 9.46. The van der Waals surface area contributed by atoms with Gasteiger partial charge in [0.25, 0.3) is 0 Å². The van der Waals surface area contributed by atoms with Crippen LogP contribution in [0, 0.1) is 0 Å². The van der Waals surface area contributed by atoms with Gasteiger partial charge in [-0.15, -0.1) is 0 Å². The number of likely N-dealkylation sites (tertiary alicyclic amines) is 1. The van der Waals surface area contributed by atoms with Gasteiger partial charge in [0.15, 0.2) is 0 Å². The lowest BCUT2D eigenvalue weighted by Gasteiger charge is -2.28. The van der Waals surface area contributed by atoms with E-state index in [1.807, 2.05) is 18.3 Å². The molecule has 0 radical (unpaired) electrons. The number of rotatable bonds is 6. The molecule has 0 spiro atoms. The summed E-state index contributed by atoms with van der Waals surface area (Å²) in [4.78, 5) is 6.87. The van der Waals surface area contributed by atoms with Crippen LogP contribution in [0.25, 0.3) is 0 Å². The molecular formula is C23H26ClN2P. The third-order valence-electron chi connectivity index (χ3n) is 4.97. The largest absolute Gasteiger partial charge is 0.299 e. The van der Waals surface area contributed by atoms with Crippen LogP contribution in [0.3, 0.4) is 0 Å². The number of pyridine rings is 1. The molecule has 0 amide bonds. The van der Waals surface area contributed by atoms with Gasteiger partial charge in [-0.2, -0.15) is 0 Å². The fourth-order valence-electron chi connectivity index (χ4n) is 3.66. The minimum Gasteiger partial charge on any atom is -0.299 e. The van der Waals surface area contributed by atoms with Crippen molar-refractivity contribution in [3.63, 3.8) is 0 Å². The van der Waals surface area contributed by atoms with Crippen molar-refractivity contribution in [2.75, 3.05) is 13.6 Å². The van der Waals surface area contributed by atoms with Crippen LogP contribution in [-0.2, 0) is 0 Å². The van der Waals surface area contributed by atoms with Crippen LogP contribution >= 0.6 is 19.5 Å². The van der Waals surface area contributed by atoms with E-state index in [4.69, 9.17) is 11.6 Å². The van der Waals surface area contributed by atoms with E-state index in [9.17, 15) is 0 Å². The zero-order chi connectivity index (χ0) is 19.2. The van der Waals surface area contributed by atoms with Crippen molar-refractivity contribution in [3.8, 4) is 0 Å². The van der Waals surface area contributed by atoms with E-state index in [2.05, 4.69) is 79.0 Å². The standard InChI is InChI=1S/C23H26ClN2P/c1-4-6-11-18(5-2)27(19-12-8-7-9-13-19)22-16-23(24)25-17-20(22)21-14-10-15-26(21)3/h4-9,11-13,16-17,21H,1,10,14-15H2,2-3H3. The summed E-state index contributed by atoms with van der Waals surface area (Å²) in [6.45, 7) is 7.06. The van der Waals surface area contributed by atoms with Crippen LogP contribution in [0.15, 0.2) is 78.8 Å². The van der Waals surface area contributed by atoms with E-state index < -0.39 is 7.92 Å². The third-order valence-corrected chi connectivity index (χ3v) is 7.78. The number of benzene rings is 1. The lowest BCUT2D eigenvalue weighted by atomic mass is 10.1.